The molecule has 0 bridgehead atoms. The summed E-state index contributed by atoms with van der Waals surface area (Å²) in [6, 6.07) is 6.44. The van der Waals surface area contributed by atoms with Crippen LogP contribution in [0.15, 0.2) is 29.2 Å². The summed E-state index contributed by atoms with van der Waals surface area (Å²) in [7, 11) is -2.28. The molecule has 0 saturated carbocycles. The number of amides is 1. The van der Waals surface area contributed by atoms with Crippen molar-refractivity contribution in [2.45, 2.75) is 37.7 Å². The number of methoxy groups -OCH3 is 1. The molecule has 1 aromatic rings. The summed E-state index contributed by atoms with van der Waals surface area (Å²) in [6.45, 7) is 7.22. The van der Waals surface area contributed by atoms with Crippen molar-refractivity contribution in [1.82, 2.24) is 9.21 Å². The third kappa shape index (κ3) is 5.09. The minimum atomic E-state index is -3.60. The van der Waals surface area contributed by atoms with E-state index in [0.29, 0.717) is 31.8 Å². The summed E-state index contributed by atoms with van der Waals surface area (Å²) in [4.78, 5) is 13.4. The third-order valence-corrected chi connectivity index (χ3v) is 5.69. The van der Waals surface area contributed by atoms with Crippen molar-refractivity contribution in [3.05, 3.63) is 24.3 Å². The van der Waals surface area contributed by atoms with Crippen LogP contribution in [0.2, 0.25) is 0 Å². The van der Waals surface area contributed by atoms with E-state index in [2.05, 4.69) is 0 Å². The second kappa shape index (κ2) is 7.61. The summed E-state index contributed by atoms with van der Waals surface area (Å²) in [6.07, 6.45) is 0.141. The Labute approximate surface area is 149 Å². The Morgan fingerprint density at radius 3 is 2.24 bits per heavy atom. The van der Waals surface area contributed by atoms with E-state index in [9.17, 15) is 13.2 Å². The van der Waals surface area contributed by atoms with Gasteiger partial charge in [0.15, 0.2) is 0 Å². The highest BCUT2D eigenvalue weighted by Crippen LogP contribution is 2.23. The number of carbonyl (C=O) groups excluding carboxylic acids is 1. The van der Waals surface area contributed by atoms with Crippen LogP contribution in [0.5, 0.6) is 5.75 Å². The van der Waals surface area contributed by atoms with E-state index in [1.807, 2.05) is 20.8 Å². The highest BCUT2D eigenvalue weighted by molar-refractivity contribution is 7.89. The highest BCUT2D eigenvalue weighted by atomic mass is 32.2. The van der Waals surface area contributed by atoms with E-state index in [1.165, 1.54) is 16.3 Å². The fraction of sp³-hybridized carbons (Fsp3) is 0.588. The Balaban J connectivity index is 2.11. The molecule has 0 radical (unpaired) electrons. The first-order chi connectivity index (χ1) is 11.6. The molecular formula is C17H26N2O5S. The van der Waals surface area contributed by atoms with E-state index in [4.69, 9.17) is 9.47 Å². The van der Waals surface area contributed by atoms with Crippen LogP contribution in [0.1, 0.15) is 27.2 Å². The lowest BCUT2D eigenvalue weighted by atomic mass is 10.2. The fourth-order valence-corrected chi connectivity index (χ4v) is 4.10. The normalized spacial score (nSPS) is 17.0. The SMILES string of the molecule is COC(=O)N1CCCN(S(=O)(=O)c2ccc(OC(C)(C)C)cc2)CC1. The molecule has 1 heterocycles. The quantitative estimate of drug-likeness (QED) is 0.816. The summed E-state index contributed by atoms with van der Waals surface area (Å²) in [5.41, 5.74) is -0.345. The average Bonchev–Trinajstić information content (AvgIpc) is 2.79. The maximum Gasteiger partial charge on any atom is 0.409 e. The molecule has 1 saturated heterocycles. The number of carbonyl (C=O) groups is 1. The summed E-state index contributed by atoms with van der Waals surface area (Å²) in [5, 5.41) is 0. The first kappa shape index (κ1) is 19.5. The summed E-state index contributed by atoms with van der Waals surface area (Å²) < 4.78 is 37.5. The first-order valence-electron chi connectivity index (χ1n) is 8.25. The van der Waals surface area contributed by atoms with Crippen molar-refractivity contribution in [3.8, 4) is 5.75 Å². The van der Waals surface area contributed by atoms with Gasteiger partial charge in [0.2, 0.25) is 10.0 Å². The largest absolute Gasteiger partial charge is 0.488 e. The van der Waals surface area contributed by atoms with Crippen molar-refractivity contribution in [2.75, 3.05) is 33.3 Å². The standard InChI is InChI=1S/C17H26N2O5S/c1-17(2,3)24-14-6-8-15(9-7-14)25(21,22)19-11-5-10-18(12-13-19)16(20)23-4/h6-9H,5,10-13H2,1-4H3. The van der Waals surface area contributed by atoms with Crippen molar-refractivity contribution >= 4 is 16.1 Å². The summed E-state index contributed by atoms with van der Waals surface area (Å²) in [5.74, 6) is 0.624. The molecule has 140 valence electrons. The van der Waals surface area contributed by atoms with E-state index < -0.39 is 16.1 Å². The van der Waals surface area contributed by atoms with E-state index >= 15 is 0 Å². The number of sulfonamides is 1. The number of nitrogens with zero attached hydrogens (tertiary/aromatic N) is 2. The molecule has 0 spiro atoms. The molecule has 1 aliphatic rings. The van der Waals surface area contributed by atoms with Crippen molar-refractivity contribution in [3.63, 3.8) is 0 Å². The first-order valence-corrected chi connectivity index (χ1v) is 9.69. The minimum Gasteiger partial charge on any atom is -0.488 e. The Morgan fingerprint density at radius 2 is 1.68 bits per heavy atom. The Bertz CT molecular complexity index is 695. The maximum atomic E-state index is 12.8. The molecule has 1 amide bonds. The lowest BCUT2D eigenvalue weighted by Gasteiger charge is -2.23. The molecular weight excluding hydrogens is 344 g/mol. The fourth-order valence-electron chi connectivity index (χ4n) is 2.63. The van der Waals surface area contributed by atoms with E-state index in [0.717, 1.165) is 0 Å². The van der Waals surface area contributed by atoms with Crippen molar-refractivity contribution in [2.24, 2.45) is 0 Å². The lowest BCUT2D eigenvalue weighted by Crippen LogP contribution is -2.37. The molecule has 7 nitrogen and oxygen atoms in total. The number of hydrogen-bond donors (Lipinski definition) is 0. The van der Waals surface area contributed by atoms with E-state index in [-0.39, 0.29) is 17.0 Å². The van der Waals surface area contributed by atoms with Gasteiger partial charge in [0.1, 0.15) is 11.4 Å². The van der Waals surface area contributed by atoms with Gasteiger partial charge >= 0.3 is 6.09 Å². The second-order valence-corrected chi connectivity index (χ2v) is 8.84. The number of rotatable bonds is 3. The molecule has 0 unspecified atom stereocenters. The molecule has 0 aromatic heterocycles. The van der Waals surface area contributed by atoms with Crippen LogP contribution in [0.4, 0.5) is 4.79 Å². The Morgan fingerprint density at radius 1 is 1.04 bits per heavy atom. The zero-order valence-corrected chi connectivity index (χ0v) is 16.0. The zero-order chi connectivity index (χ0) is 18.7. The molecule has 1 aromatic carbocycles. The lowest BCUT2D eigenvalue weighted by molar-refractivity contribution is 0.125. The molecule has 25 heavy (non-hydrogen) atoms. The van der Waals surface area contributed by atoms with Crippen LogP contribution < -0.4 is 4.74 Å². The van der Waals surface area contributed by atoms with Gasteiger partial charge in [-0.2, -0.15) is 4.31 Å². The highest BCUT2D eigenvalue weighted by Gasteiger charge is 2.28. The zero-order valence-electron chi connectivity index (χ0n) is 15.2. The van der Waals surface area contributed by atoms with Gasteiger partial charge in [-0.15, -0.1) is 0 Å². The minimum absolute atomic E-state index is 0.222. The van der Waals surface area contributed by atoms with Gasteiger partial charge in [-0.05, 0) is 51.5 Å². The molecule has 0 N–H and O–H groups in total. The molecule has 0 atom stereocenters. The molecule has 2 rings (SSSR count). The van der Waals surface area contributed by atoms with Gasteiger partial charge in [-0.1, -0.05) is 0 Å². The van der Waals surface area contributed by atoms with Gasteiger partial charge in [0, 0.05) is 26.2 Å². The average molecular weight is 370 g/mol. The predicted molar refractivity (Wildman–Crippen MR) is 94.2 cm³/mol. The molecule has 1 aliphatic heterocycles. The Hall–Kier alpha value is -1.80. The van der Waals surface area contributed by atoms with Crippen molar-refractivity contribution < 1.29 is 22.7 Å². The smallest absolute Gasteiger partial charge is 0.409 e. The van der Waals surface area contributed by atoms with Crippen LogP contribution >= 0.6 is 0 Å². The molecule has 0 aliphatic carbocycles. The van der Waals surface area contributed by atoms with Crippen LogP contribution in [0, 0.1) is 0 Å². The van der Waals surface area contributed by atoms with Crippen LogP contribution in [0.3, 0.4) is 0 Å². The van der Waals surface area contributed by atoms with Gasteiger partial charge in [-0.3, -0.25) is 0 Å². The van der Waals surface area contributed by atoms with E-state index in [1.54, 1.807) is 24.3 Å². The van der Waals surface area contributed by atoms with Crippen LogP contribution in [0.25, 0.3) is 0 Å². The monoisotopic (exact) mass is 370 g/mol. The second-order valence-electron chi connectivity index (χ2n) is 6.90. The van der Waals surface area contributed by atoms with Gasteiger partial charge in [0.25, 0.3) is 0 Å². The molecule has 1 fully saturated rings. The topological polar surface area (TPSA) is 76.2 Å². The maximum absolute atomic E-state index is 12.8. The third-order valence-electron chi connectivity index (χ3n) is 3.77. The van der Waals surface area contributed by atoms with Crippen LogP contribution in [-0.2, 0) is 14.8 Å². The Kier molecular flexibility index (Phi) is 5.95. The van der Waals surface area contributed by atoms with Gasteiger partial charge < -0.3 is 14.4 Å². The number of benzene rings is 1. The van der Waals surface area contributed by atoms with Crippen molar-refractivity contribution in [1.29, 1.82) is 0 Å². The number of hydrogen-bond acceptors (Lipinski definition) is 5. The van der Waals surface area contributed by atoms with Crippen LogP contribution in [-0.4, -0.2) is 62.6 Å². The van der Waals surface area contributed by atoms with Gasteiger partial charge in [0.05, 0.1) is 12.0 Å². The van der Waals surface area contributed by atoms with Gasteiger partial charge in [-0.25, -0.2) is 13.2 Å². The molecule has 8 heteroatoms. The number of ether oxygens (including phenoxy) is 2. The predicted octanol–water partition coefficient (Wildman–Crippen LogP) is 2.33. The summed E-state index contributed by atoms with van der Waals surface area (Å²) >= 11 is 0.